The minimum absolute atomic E-state index is 0.0344. The van der Waals surface area contributed by atoms with Crippen molar-refractivity contribution in [2.45, 2.75) is 25.7 Å². The smallest absolute Gasteiger partial charge is 0.273 e. The van der Waals surface area contributed by atoms with Crippen LogP contribution in [0.25, 0.3) is 5.65 Å². The molecule has 1 aliphatic carbocycles. The number of carbonyl (C=O) groups is 1. The lowest BCUT2D eigenvalue weighted by atomic mass is 10.2. The van der Waals surface area contributed by atoms with Crippen molar-refractivity contribution in [2.24, 2.45) is 10.7 Å². The number of nitrogens with two attached hydrogens (primary N) is 1. The van der Waals surface area contributed by atoms with Gasteiger partial charge in [-0.25, -0.2) is 9.98 Å². The van der Waals surface area contributed by atoms with Crippen LogP contribution >= 0.6 is 0 Å². The Morgan fingerprint density at radius 3 is 2.77 bits per heavy atom. The first-order chi connectivity index (χ1) is 14.5. The van der Waals surface area contributed by atoms with Gasteiger partial charge in [-0.3, -0.25) is 4.79 Å². The Morgan fingerprint density at radius 2 is 2.07 bits per heavy atom. The van der Waals surface area contributed by atoms with Crippen molar-refractivity contribution in [1.29, 1.82) is 0 Å². The number of nitrogens with one attached hydrogen (secondary N) is 1. The van der Waals surface area contributed by atoms with Gasteiger partial charge in [-0.2, -0.15) is 0 Å². The lowest BCUT2D eigenvalue weighted by Crippen LogP contribution is -2.13. The third-order valence-electron chi connectivity index (χ3n) is 4.87. The van der Waals surface area contributed by atoms with Crippen LogP contribution in [0.2, 0.25) is 0 Å². The average molecular weight is 401 g/mol. The molecule has 1 saturated carbocycles. The second kappa shape index (κ2) is 8.24. The van der Waals surface area contributed by atoms with Gasteiger partial charge in [0.25, 0.3) is 5.91 Å². The Balaban J connectivity index is 1.42. The van der Waals surface area contributed by atoms with Gasteiger partial charge in [-0.15, -0.1) is 0 Å². The van der Waals surface area contributed by atoms with Gasteiger partial charge < -0.3 is 20.2 Å². The fourth-order valence-electron chi connectivity index (χ4n) is 3.13. The maximum Gasteiger partial charge on any atom is 0.273 e. The number of rotatable bonds is 7. The zero-order chi connectivity index (χ0) is 21.1. The van der Waals surface area contributed by atoms with Crippen molar-refractivity contribution in [3.8, 4) is 5.75 Å². The predicted octanol–water partition coefficient (Wildman–Crippen LogP) is 3.92. The normalized spacial score (nSPS) is 14.2. The SMILES string of the molecule is C=C(/N=C\C(=C/N)Oc1ccccc1)C(=O)Nc1ccc2nc(C3CC3)c(C)n2c1. The van der Waals surface area contributed by atoms with Gasteiger partial charge in [0, 0.05) is 24.0 Å². The van der Waals surface area contributed by atoms with Crippen molar-refractivity contribution >= 4 is 23.5 Å². The third-order valence-corrected chi connectivity index (χ3v) is 4.87. The number of para-hydroxylation sites is 1. The molecule has 0 aliphatic heterocycles. The molecule has 1 aromatic carbocycles. The van der Waals surface area contributed by atoms with Crippen LogP contribution in [0.5, 0.6) is 5.75 Å². The number of anilines is 1. The lowest BCUT2D eigenvalue weighted by Gasteiger charge is -2.07. The molecule has 2 heterocycles. The molecule has 0 unspecified atom stereocenters. The summed E-state index contributed by atoms with van der Waals surface area (Å²) in [7, 11) is 0. The molecule has 152 valence electrons. The topological polar surface area (TPSA) is 94.0 Å². The number of allylic oxidation sites excluding steroid dienone is 1. The Morgan fingerprint density at radius 1 is 1.30 bits per heavy atom. The molecule has 7 nitrogen and oxygen atoms in total. The molecular formula is C23H23N5O2. The van der Waals surface area contributed by atoms with Gasteiger partial charge in [-0.1, -0.05) is 24.8 Å². The number of carbonyl (C=O) groups excluding carboxylic acids is 1. The van der Waals surface area contributed by atoms with E-state index in [-0.39, 0.29) is 5.70 Å². The fraction of sp³-hybridized carbons (Fsp3) is 0.174. The molecule has 30 heavy (non-hydrogen) atoms. The molecule has 0 spiro atoms. The number of amides is 1. The van der Waals surface area contributed by atoms with E-state index in [0.717, 1.165) is 17.0 Å². The maximum atomic E-state index is 12.5. The highest BCUT2D eigenvalue weighted by Gasteiger charge is 2.28. The van der Waals surface area contributed by atoms with Crippen molar-refractivity contribution in [2.75, 3.05) is 5.32 Å². The number of aromatic nitrogens is 2. The van der Waals surface area contributed by atoms with E-state index in [1.807, 2.05) is 40.9 Å². The third kappa shape index (κ3) is 4.25. The van der Waals surface area contributed by atoms with Gasteiger partial charge >= 0.3 is 0 Å². The molecule has 0 atom stereocenters. The summed E-state index contributed by atoms with van der Waals surface area (Å²) in [6, 6.07) is 12.9. The second-order valence-corrected chi connectivity index (χ2v) is 7.15. The Labute approximate surface area is 174 Å². The summed E-state index contributed by atoms with van der Waals surface area (Å²) in [5.41, 5.74) is 9.39. The number of hydrogen-bond acceptors (Lipinski definition) is 5. The number of nitrogens with zero attached hydrogens (tertiary/aromatic N) is 3. The molecule has 1 fully saturated rings. The highest BCUT2D eigenvalue weighted by atomic mass is 16.5. The van der Waals surface area contributed by atoms with Crippen LogP contribution in [0.1, 0.15) is 30.1 Å². The first-order valence-corrected chi connectivity index (χ1v) is 9.73. The number of hydrogen-bond donors (Lipinski definition) is 2. The number of aliphatic imine (C=N–C) groups is 1. The van der Waals surface area contributed by atoms with Crippen molar-refractivity contribution < 1.29 is 9.53 Å². The molecule has 0 radical (unpaired) electrons. The zero-order valence-corrected chi connectivity index (χ0v) is 16.7. The number of benzene rings is 1. The van der Waals surface area contributed by atoms with E-state index in [4.69, 9.17) is 15.5 Å². The van der Waals surface area contributed by atoms with E-state index in [1.54, 1.807) is 12.1 Å². The molecule has 0 saturated heterocycles. The van der Waals surface area contributed by atoms with Gasteiger partial charge in [0.2, 0.25) is 0 Å². The largest absolute Gasteiger partial charge is 0.454 e. The number of aryl methyl sites for hydroxylation is 1. The summed E-state index contributed by atoms with van der Waals surface area (Å²) in [4.78, 5) is 21.3. The second-order valence-electron chi connectivity index (χ2n) is 7.15. The Bertz CT molecular complexity index is 1160. The summed E-state index contributed by atoms with van der Waals surface area (Å²) in [6.45, 7) is 5.78. The fourth-order valence-corrected chi connectivity index (χ4v) is 3.13. The molecule has 1 aliphatic rings. The van der Waals surface area contributed by atoms with Crippen molar-refractivity contribution in [3.63, 3.8) is 0 Å². The Kier molecular flexibility index (Phi) is 5.34. The van der Waals surface area contributed by atoms with Gasteiger partial charge in [0.05, 0.1) is 17.6 Å². The van der Waals surface area contributed by atoms with E-state index < -0.39 is 5.91 Å². The predicted molar refractivity (Wildman–Crippen MR) is 118 cm³/mol. The Hall–Kier alpha value is -3.87. The maximum absolute atomic E-state index is 12.5. The van der Waals surface area contributed by atoms with Crippen molar-refractivity contribution in [3.05, 3.63) is 84.3 Å². The average Bonchev–Trinajstić information content (AvgIpc) is 3.56. The quantitative estimate of drug-likeness (QED) is 0.356. The molecule has 2 aromatic heterocycles. The highest BCUT2D eigenvalue weighted by Crippen LogP contribution is 2.41. The number of fused-ring (bicyclic) bond motifs is 1. The number of imidazole rings is 1. The van der Waals surface area contributed by atoms with Crippen LogP contribution in [0, 0.1) is 6.92 Å². The van der Waals surface area contributed by atoms with Gasteiger partial charge in [-0.05, 0) is 44.0 Å². The van der Waals surface area contributed by atoms with Crippen LogP contribution in [0.3, 0.4) is 0 Å². The zero-order valence-electron chi connectivity index (χ0n) is 16.7. The van der Waals surface area contributed by atoms with Gasteiger partial charge in [0.15, 0.2) is 5.76 Å². The van der Waals surface area contributed by atoms with Crippen LogP contribution in [-0.4, -0.2) is 21.5 Å². The summed E-state index contributed by atoms with van der Waals surface area (Å²) in [5, 5.41) is 2.81. The molecule has 1 amide bonds. The molecule has 3 N–H and O–H groups in total. The molecule has 0 bridgehead atoms. The minimum atomic E-state index is -0.415. The summed E-state index contributed by atoms with van der Waals surface area (Å²) >= 11 is 0. The molecular weight excluding hydrogens is 378 g/mol. The first kappa shape index (κ1) is 19.4. The van der Waals surface area contributed by atoms with Crippen LogP contribution in [0.15, 0.2) is 77.9 Å². The lowest BCUT2D eigenvalue weighted by molar-refractivity contribution is -0.112. The summed E-state index contributed by atoms with van der Waals surface area (Å²) in [6.07, 6.45) is 6.88. The van der Waals surface area contributed by atoms with Crippen LogP contribution in [-0.2, 0) is 4.79 Å². The van der Waals surface area contributed by atoms with Crippen molar-refractivity contribution in [1.82, 2.24) is 9.38 Å². The highest BCUT2D eigenvalue weighted by molar-refractivity contribution is 6.04. The number of pyridine rings is 1. The van der Waals surface area contributed by atoms with E-state index in [2.05, 4.69) is 23.8 Å². The van der Waals surface area contributed by atoms with E-state index >= 15 is 0 Å². The summed E-state index contributed by atoms with van der Waals surface area (Å²) < 4.78 is 7.60. The van der Waals surface area contributed by atoms with E-state index in [1.165, 1.54) is 25.3 Å². The number of ether oxygens (including phenoxy) is 1. The standard InChI is InChI=1S/C23H23N5O2/c1-15(25-13-20(12-24)30-19-6-4-3-5-7-19)23(29)26-18-10-11-21-27-22(17-8-9-17)16(2)28(21)14-18/h3-7,10-14,17H,1,8-9,24H2,2H3,(H,26,29)/b20-12+,25-13-. The van der Waals surface area contributed by atoms with Gasteiger partial charge in [0.1, 0.15) is 17.1 Å². The molecule has 3 aromatic rings. The summed E-state index contributed by atoms with van der Waals surface area (Å²) in [5.74, 6) is 1.07. The van der Waals surface area contributed by atoms with Crippen LogP contribution in [0.4, 0.5) is 5.69 Å². The molecule has 4 rings (SSSR count). The van der Waals surface area contributed by atoms with E-state index in [9.17, 15) is 4.79 Å². The monoisotopic (exact) mass is 401 g/mol. The van der Waals surface area contributed by atoms with Crippen LogP contribution < -0.4 is 15.8 Å². The first-order valence-electron chi connectivity index (χ1n) is 9.73. The molecule has 7 heteroatoms. The minimum Gasteiger partial charge on any atom is -0.454 e. The van der Waals surface area contributed by atoms with E-state index in [0.29, 0.717) is 23.1 Å².